The van der Waals surface area contributed by atoms with Crippen molar-refractivity contribution in [3.63, 3.8) is 0 Å². The van der Waals surface area contributed by atoms with Gasteiger partial charge in [-0.15, -0.1) is 0 Å². The van der Waals surface area contributed by atoms with Gasteiger partial charge in [0.05, 0.1) is 11.4 Å². The number of carbonyl (C=O) groups excluding carboxylic acids is 1. The zero-order valence-corrected chi connectivity index (χ0v) is 9.34. The number of nitrogens with one attached hydrogen (secondary N) is 1. The topological polar surface area (TPSA) is 89.3 Å². The van der Waals surface area contributed by atoms with E-state index in [-0.39, 0.29) is 17.0 Å². The van der Waals surface area contributed by atoms with Crippen LogP contribution in [0.15, 0.2) is 18.2 Å². The number of sulfonamides is 1. The number of halogens is 1. The molecule has 0 spiro atoms. The highest BCUT2D eigenvalue weighted by molar-refractivity contribution is 7.90. The molecule has 1 amide bonds. The van der Waals surface area contributed by atoms with E-state index in [2.05, 4.69) is 0 Å². The molecule has 0 aliphatic rings. The lowest BCUT2D eigenvalue weighted by molar-refractivity contribution is 0.0981. The van der Waals surface area contributed by atoms with E-state index < -0.39 is 21.7 Å². The lowest BCUT2D eigenvalue weighted by Crippen LogP contribution is -2.31. The minimum absolute atomic E-state index is 0.0938. The van der Waals surface area contributed by atoms with Crippen LogP contribution in [-0.2, 0) is 10.0 Å². The Morgan fingerprint density at radius 1 is 1.50 bits per heavy atom. The summed E-state index contributed by atoms with van der Waals surface area (Å²) in [5.41, 5.74) is 5.02. The predicted molar refractivity (Wildman–Crippen MR) is 57.7 cm³/mol. The molecule has 1 aromatic carbocycles. The number of anilines is 1. The van der Waals surface area contributed by atoms with Gasteiger partial charge in [-0.05, 0) is 25.1 Å². The molecule has 0 bridgehead atoms. The molecule has 0 aliphatic carbocycles. The maximum atomic E-state index is 13.0. The van der Waals surface area contributed by atoms with E-state index in [4.69, 9.17) is 5.73 Å². The molecule has 0 aliphatic heterocycles. The molecular weight excluding hydrogens is 235 g/mol. The van der Waals surface area contributed by atoms with Crippen molar-refractivity contribution in [2.75, 3.05) is 11.5 Å². The zero-order chi connectivity index (χ0) is 12.3. The summed E-state index contributed by atoms with van der Waals surface area (Å²) in [6, 6.07) is 3.33. The van der Waals surface area contributed by atoms with E-state index in [1.54, 1.807) is 4.72 Å². The van der Waals surface area contributed by atoms with Gasteiger partial charge in [-0.3, -0.25) is 4.79 Å². The summed E-state index contributed by atoms with van der Waals surface area (Å²) in [7, 11) is -3.64. The summed E-state index contributed by atoms with van der Waals surface area (Å²) in [6.45, 7) is 1.39. The molecule has 0 fully saturated rings. The van der Waals surface area contributed by atoms with Crippen LogP contribution < -0.4 is 10.5 Å². The normalized spacial score (nSPS) is 11.1. The Bertz CT molecular complexity index is 513. The van der Waals surface area contributed by atoms with E-state index in [1.165, 1.54) is 19.1 Å². The van der Waals surface area contributed by atoms with Crippen LogP contribution in [-0.4, -0.2) is 20.1 Å². The number of benzene rings is 1. The van der Waals surface area contributed by atoms with Gasteiger partial charge in [-0.1, -0.05) is 0 Å². The second-order valence-electron chi connectivity index (χ2n) is 3.07. The number of amides is 1. The highest BCUT2D eigenvalue weighted by Crippen LogP contribution is 2.11. The third kappa shape index (κ3) is 2.93. The van der Waals surface area contributed by atoms with Crippen LogP contribution in [0.1, 0.15) is 17.3 Å². The van der Waals surface area contributed by atoms with Crippen molar-refractivity contribution in [1.82, 2.24) is 4.72 Å². The third-order valence-electron chi connectivity index (χ3n) is 1.89. The summed E-state index contributed by atoms with van der Waals surface area (Å²) in [5.74, 6) is -1.86. The summed E-state index contributed by atoms with van der Waals surface area (Å²) < 4.78 is 37.0. The Labute approximate surface area is 92.5 Å². The van der Waals surface area contributed by atoms with Crippen molar-refractivity contribution in [2.45, 2.75) is 6.92 Å². The molecule has 0 saturated carbocycles. The first-order valence-electron chi connectivity index (χ1n) is 4.45. The molecule has 0 saturated heterocycles. The average molecular weight is 246 g/mol. The minimum atomic E-state index is -3.64. The Balaban J connectivity index is 2.94. The molecule has 1 rings (SSSR count). The molecular formula is C9H11FN2O3S. The Kier molecular flexibility index (Phi) is 3.48. The SMILES string of the molecule is CCS(=O)(=O)NC(=O)c1ccc(N)c(F)c1. The first-order chi connectivity index (χ1) is 7.35. The Morgan fingerprint density at radius 3 is 2.62 bits per heavy atom. The van der Waals surface area contributed by atoms with Gasteiger partial charge in [0.15, 0.2) is 0 Å². The zero-order valence-electron chi connectivity index (χ0n) is 8.53. The number of hydrogen-bond acceptors (Lipinski definition) is 4. The number of rotatable bonds is 3. The van der Waals surface area contributed by atoms with Gasteiger partial charge >= 0.3 is 0 Å². The van der Waals surface area contributed by atoms with Crippen molar-refractivity contribution in [2.24, 2.45) is 0 Å². The van der Waals surface area contributed by atoms with E-state index in [0.717, 1.165) is 6.07 Å². The minimum Gasteiger partial charge on any atom is -0.396 e. The molecule has 88 valence electrons. The van der Waals surface area contributed by atoms with Crippen molar-refractivity contribution in [3.05, 3.63) is 29.6 Å². The average Bonchev–Trinajstić information content (AvgIpc) is 2.21. The molecule has 3 N–H and O–H groups in total. The highest BCUT2D eigenvalue weighted by atomic mass is 32.2. The fourth-order valence-electron chi connectivity index (χ4n) is 0.941. The summed E-state index contributed by atoms with van der Waals surface area (Å²) in [4.78, 5) is 11.4. The van der Waals surface area contributed by atoms with Crippen LogP contribution in [0.3, 0.4) is 0 Å². The van der Waals surface area contributed by atoms with Crippen LogP contribution >= 0.6 is 0 Å². The Hall–Kier alpha value is -1.63. The molecule has 0 radical (unpaired) electrons. The van der Waals surface area contributed by atoms with Crippen molar-refractivity contribution < 1.29 is 17.6 Å². The number of nitrogens with two attached hydrogens (primary N) is 1. The van der Waals surface area contributed by atoms with Crippen LogP contribution in [0.2, 0.25) is 0 Å². The maximum absolute atomic E-state index is 13.0. The van der Waals surface area contributed by atoms with E-state index >= 15 is 0 Å². The quantitative estimate of drug-likeness (QED) is 0.759. The van der Waals surface area contributed by atoms with Crippen molar-refractivity contribution in [3.8, 4) is 0 Å². The lowest BCUT2D eigenvalue weighted by Gasteiger charge is -2.05. The molecule has 1 aromatic rings. The third-order valence-corrected chi connectivity index (χ3v) is 3.15. The smallest absolute Gasteiger partial charge is 0.264 e. The molecule has 0 heterocycles. The number of nitrogen functional groups attached to an aromatic ring is 1. The van der Waals surface area contributed by atoms with Crippen LogP contribution in [0.5, 0.6) is 0 Å². The predicted octanol–water partition coefficient (Wildman–Crippen LogP) is 0.487. The molecule has 5 nitrogen and oxygen atoms in total. The fraction of sp³-hybridized carbons (Fsp3) is 0.222. The van der Waals surface area contributed by atoms with Gasteiger partial charge in [0.1, 0.15) is 5.82 Å². The monoisotopic (exact) mass is 246 g/mol. The lowest BCUT2D eigenvalue weighted by atomic mass is 10.2. The highest BCUT2D eigenvalue weighted by Gasteiger charge is 2.14. The maximum Gasteiger partial charge on any atom is 0.264 e. The molecule has 16 heavy (non-hydrogen) atoms. The van der Waals surface area contributed by atoms with Gasteiger partial charge in [-0.2, -0.15) is 0 Å². The first-order valence-corrected chi connectivity index (χ1v) is 6.11. The fourth-order valence-corrected chi connectivity index (χ4v) is 1.49. The summed E-state index contributed by atoms with van der Waals surface area (Å²) in [6.07, 6.45) is 0. The van der Waals surface area contributed by atoms with Crippen molar-refractivity contribution >= 4 is 21.6 Å². The van der Waals surface area contributed by atoms with Crippen molar-refractivity contribution in [1.29, 1.82) is 0 Å². The van der Waals surface area contributed by atoms with Gasteiger partial charge in [0.2, 0.25) is 10.0 Å². The summed E-state index contributed by atoms with van der Waals surface area (Å²) >= 11 is 0. The molecule has 0 aromatic heterocycles. The largest absolute Gasteiger partial charge is 0.396 e. The Morgan fingerprint density at radius 2 is 2.12 bits per heavy atom. The number of hydrogen-bond donors (Lipinski definition) is 2. The first kappa shape index (κ1) is 12.4. The number of carbonyl (C=O) groups is 1. The van der Waals surface area contributed by atoms with Gasteiger partial charge in [-0.25, -0.2) is 17.5 Å². The standard InChI is InChI=1S/C9H11FN2O3S/c1-2-16(14,15)12-9(13)6-3-4-8(11)7(10)5-6/h3-5H,2,11H2,1H3,(H,12,13). The van der Waals surface area contributed by atoms with E-state index in [1.807, 2.05) is 0 Å². The van der Waals surface area contributed by atoms with Gasteiger partial charge in [0.25, 0.3) is 5.91 Å². The second kappa shape index (κ2) is 4.48. The van der Waals surface area contributed by atoms with E-state index in [0.29, 0.717) is 0 Å². The van der Waals surface area contributed by atoms with Gasteiger partial charge in [0, 0.05) is 5.56 Å². The van der Waals surface area contributed by atoms with Gasteiger partial charge < -0.3 is 5.73 Å². The summed E-state index contributed by atoms with van der Waals surface area (Å²) in [5, 5.41) is 0. The van der Waals surface area contributed by atoms with E-state index in [9.17, 15) is 17.6 Å². The molecule has 0 atom stereocenters. The van der Waals surface area contributed by atoms with Crippen LogP contribution in [0.25, 0.3) is 0 Å². The van der Waals surface area contributed by atoms with Crippen LogP contribution in [0, 0.1) is 5.82 Å². The second-order valence-corrected chi connectivity index (χ2v) is 5.08. The van der Waals surface area contributed by atoms with Crippen LogP contribution in [0.4, 0.5) is 10.1 Å². The molecule has 7 heteroatoms. The molecule has 0 unspecified atom stereocenters.